The van der Waals surface area contributed by atoms with Crippen LogP contribution in [0.4, 0.5) is 23.0 Å². The van der Waals surface area contributed by atoms with Crippen molar-refractivity contribution in [3.8, 4) is 11.3 Å². The van der Waals surface area contributed by atoms with E-state index in [9.17, 15) is 0 Å². The van der Waals surface area contributed by atoms with Crippen LogP contribution in [0.1, 0.15) is 17.7 Å². The molecule has 0 amide bonds. The van der Waals surface area contributed by atoms with Crippen LogP contribution in [0.15, 0.2) is 48.7 Å². The number of methoxy groups -OCH3 is 1. The fraction of sp³-hybridized carbons (Fsp3) is 0.379. The Kier molecular flexibility index (Phi) is 7.04. The Morgan fingerprint density at radius 2 is 1.95 bits per heavy atom. The Morgan fingerprint density at radius 3 is 2.73 bits per heavy atom. The SMILES string of the molecule is COC1CCc2c(-c3ccnc(Nc4cc(N)c(N(C)CCN(C)C)cc4C)n3)c3ccccc3n2C1. The van der Waals surface area contributed by atoms with Gasteiger partial charge < -0.3 is 30.2 Å². The number of anilines is 4. The molecule has 194 valence electrons. The Morgan fingerprint density at radius 1 is 1.14 bits per heavy atom. The molecule has 3 N–H and O–H groups in total. The van der Waals surface area contributed by atoms with E-state index in [1.54, 1.807) is 7.11 Å². The highest BCUT2D eigenvalue weighted by Crippen LogP contribution is 2.38. The molecule has 1 aliphatic heterocycles. The molecule has 1 aliphatic rings. The number of aryl methyl sites for hydroxylation is 1. The lowest BCUT2D eigenvalue weighted by atomic mass is 10.0. The number of para-hydroxylation sites is 1. The van der Waals surface area contributed by atoms with Gasteiger partial charge in [-0.15, -0.1) is 0 Å². The lowest BCUT2D eigenvalue weighted by molar-refractivity contribution is 0.0727. The Labute approximate surface area is 219 Å². The molecule has 8 heteroatoms. The Hall–Kier alpha value is -3.62. The summed E-state index contributed by atoms with van der Waals surface area (Å²) < 4.78 is 8.09. The maximum Gasteiger partial charge on any atom is 0.227 e. The number of nitrogen functional groups attached to an aromatic ring is 1. The standard InChI is InChI=1S/C29H37N7O/c1-19-16-27(35(4)15-14-34(2)3)22(30)17-24(19)33-29-31-13-12-23(32-29)28-21-8-6-7-9-25(21)36-18-20(37-5)10-11-26(28)36/h6-9,12-13,16-17,20H,10-11,14-15,18,30H2,1-5H3,(H,31,32,33). The number of ether oxygens (including phenoxy) is 1. The van der Waals surface area contributed by atoms with Crippen molar-refractivity contribution in [1.29, 1.82) is 0 Å². The minimum Gasteiger partial charge on any atom is -0.397 e. The highest BCUT2D eigenvalue weighted by Gasteiger charge is 2.26. The number of benzene rings is 2. The summed E-state index contributed by atoms with van der Waals surface area (Å²) in [6.45, 7) is 4.80. The van der Waals surface area contributed by atoms with Crippen molar-refractivity contribution >= 4 is 33.9 Å². The summed E-state index contributed by atoms with van der Waals surface area (Å²) in [5, 5.41) is 4.63. The zero-order valence-corrected chi connectivity index (χ0v) is 22.5. The third kappa shape index (κ3) is 4.99. The molecule has 1 atom stereocenters. The lowest BCUT2D eigenvalue weighted by Crippen LogP contribution is -2.29. The first-order valence-corrected chi connectivity index (χ1v) is 12.8. The van der Waals surface area contributed by atoms with Crippen molar-refractivity contribution < 1.29 is 4.74 Å². The van der Waals surface area contributed by atoms with Crippen LogP contribution in [0.2, 0.25) is 0 Å². The predicted molar refractivity (Wildman–Crippen MR) is 153 cm³/mol. The van der Waals surface area contributed by atoms with Crippen molar-refractivity contribution in [3.63, 3.8) is 0 Å². The van der Waals surface area contributed by atoms with Crippen molar-refractivity contribution in [1.82, 2.24) is 19.4 Å². The van der Waals surface area contributed by atoms with Crippen molar-refractivity contribution in [2.45, 2.75) is 32.4 Å². The number of nitrogens with one attached hydrogen (secondary N) is 1. The van der Waals surface area contributed by atoms with Crippen LogP contribution in [-0.2, 0) is 17.7 Å². The van der Waals surface area contributed by atoms with Crippen molar-refractivity contribution in [2.24, 2.45) is 0 Å². The van der Waals surface area contributed by atoms with Gasteiger partial charge in [0.05, 0.1) is 23.2 Å². The van der Waals surface area contributed by atoms with E-state index in [1.807, 2.05) is 18.3 Å². The number of likely N-dealkylation sites (N-methyl/N-ethyl adjacent to an activating group) is 2. The number of hydrogen-bond acceptors (Lipinski definition) is 7. The van der Waals surface area contributed by atoms with Crippen LogP contribution in [0.5, 0.6) is 0 Å². The highest BCUT2D eigenvalue weighted by atomic mass is 16.5. The van der Waals surface area contributed by atoms with E-state index in [-0.39, 0.29) is 6.10 Å². The molecule has 0 spiro atoms. The molecule has 3 heterocycles. The average molecular weight is 500 g/mol. The van der Waals surface area contributed by atoms with Crippen molar-refractivity contribution in [3.05, 3.63) is 59.9 Å². The number of nitrogens with zero attached hydrogens (tertiary/aromatic N) is 5. The van der Waals surface area contributed by atoms with Gasteiger partial charge in [0.15, 0.2) is 0 Å². The summed E-state index contributed by atoms with van der Waals surface area (Å²) in [6, 6.07) is 14.7. The Balaban J connectivity index is 1.46. The number of rotatable bonds is 8. The van der Waals surface area contributed by atoms with E-state index < -0.39 is 0 Å². The van der Waals surface area contributed by atoms with Gasteiger partial charge in [-0.2, -0.15) is 0 Å². The van der Waals surface area contributed by atoms with Gasteiger partial charge in [0.1, 0.15) is 0 Å². The third-order valence-electron chi connectivity index (χ3n) is 7.33. The lowest BCUT2D eigenvalue weighted by Gasteiger charge is -2.25. The summed E-state index contributed by atoms with van der Waals surface area (Å²) in [5.74, 6) is 0.559. The second-order valence-corrected chi connectivity index (χ2v) is 10.2. The summed E-state index contributed by atoms with van der Waals surface area (Å²) in [5.41, 5.74) is 14.9. The van der Waals surface area contributed by atoms with Gasteiger partial charge in [0, 0.05) is 67.8 Å². The second-order valence-electron chi connectivity index (χ2n) is 10.2. The smallest absolute Gasteiger partial charge is 0.227 e. The quantitative estimate of drug-likeness (QED) is 0.340. The third-order valence-corrected chi connectivity index (χ3v) is 7.33. The molecule has 0 bridgehead atoms. The first-order chi connectivity index (χ1) is 17.9. The molecule has 5 rings (SSSR count). The molecule has 4 aromatic rings. The largest absolute Gasteiger partial charge is 0.397 e. The van der Waals surface area contributed by atoms with E-state index in [4.69, 9.17) is 15.5 Å². The molecule has 37 heavy (non-hydrogen) atoms. The van der Waals surface area contributed by atoms with E-state index in [0.29, 0.717) is 5.95 Å². The topological polar surface area (TPSA) is 84.5 Å². The molecule has 0 aliphatic carbocycles. The number of nitrogens with two attached hydrogens (primary N) is 1. The molecular weight excluding hydrogens is 462 g/mol. The van der Waals surface area contributed by atoms with Crippen LogP contribution >= 0.6 is 0 Å². The van der Waals surface area contributed by atoms with Crippen LogP contribution in [-0.4, -0.2) is 66.9 Å². The number of fused-ring (bicyclic) bond motifs is 3. The van der Waals surface area contributed by atoms with Crippen LogP contribution < -0.4 is 16.0 Å². The maximum absolute atomic E-state index is 6.47. The predicted octanol–water partition coefficient (Wildman–Crippen LogP) is 4.69. The molecular formula is C29H37N7O. The molecule has 0 radical (unpaired) electrons. The van der Waals surface area contributed by atoms with Crippen LogP contribution in [0.25, 0.3) is 22.2 Å². The average Bonchev–Trinajstić information content (AvgIpc) is 3.23. The van der Waals surface area contributed by atoms with Gasteiger partial charge in [0.2, 0.25) is 5.95 Å². The van der Waals surface area contributed by atoms with E-state index in [1.165, 1.54) is 22.2 Å². The van der Waals surface area contributed by atoms with Crippen molar-refractivity contribution in [2.75, 3.05) is 57.3 Å². The summed E-state index contributed by atoms with van der Waals surface area (Å²) in [4.78, 5) is 13.9. The normalized spacial score (nSPS) is 15.2. The molecule has 2 aromatic heterocycles. The maximum atomic E-state index is 6.47. The fourth-order valence-corrected chi connectivity index (χ4v) is 5.22. The molecule has 2 aromatic carbocycles. The van der Waals surface area contributed by atoms with Crippen LogP contribution in [0, 0.1) is 6.92 Å². The first-order valence-electron chi connectivity index (χ1n) is 12.8. The van der Waals surface area contributed by atoms with Gasteiger partial charge in [-0.1, -0.05) is 18.2 Å². The molecule has 1 unspecified atom stereocenters. The minimum absolute atomic E-state index is 0.233. The Bertz CT molecular complexity index is 1410. The van der Waals surface area contributed by atoms with Gasteiger partial charge in [-0.25, -0.2) is 9.97 Å². The highest BCUT2D eigenvalue weighted by molar-refractivity contribution is 5.97. The molecule has 0 saturated heterocycles. The zero-order valence-electron chi connectivity index (χ0n) is 22.5. The molecule has 0 saturated carbocycles. The molecule has 0 fully saturated rings. The number of aromatic nitrogens is 3. The van der Waals surface area contributed by atoms with E-state index in [2.05, 4.69) is 83.1 Å². The summed E-state index contributed by atoms with van der Waals surface area (Å²) in [6.07, 6.45) is 4.02. The monoisotopic (exact) mass is 499 g/mol. The van der Waals surface area contributed by atoms with Gasteiger partial charge in [-0.3, -0.25) is 0 Å². The summed E-state index contributed by atoms with van der Waals surface area (Å²) in [7, 11) is 8.03. The van der Waals surface area contributed by atoms with E-state index in [0.717, 1.165) is 60.8 Å². The van der Waals surface area contributed by atoms with Gasteiger partial charge in [-0.05, 0) is 63.7 Å². The van der Waals surface area contributed by atoms with Gasteiger partial charge >= 0.3 is 0 Å². The zero-order chi connectivity index (χ0) is 26.1. The van der Waals surface area contributed by atoms with Gasteiger partial charge in [0.25, 0.3) is 0 Å². The first kappa shape index (κ1) is 25.0. The number of hydrogen-bond donors (Lipinski definition) is 2. The van der Waals surface area contributed by atoms with Crippen LogP contribution in [0.3, 0.4) is 0 Å². The van der Waals surface area contributed by atoms with E-state index >= 15 is 0 Å². The molecule has 8 nitrogen and oxygen atoms in total. The fourth-order valence-electron chi connectivity index (χ4n) is 5.22. The summed E-state index contributed by atoms with van der Waals surface area (Å²) >= 11 is 0. The minimum atomic E-state index is 0.233. The second kappa shape index (κ2) is 10.4.